The zero-order valence-corrected chi connectivity index (χ0v) is 5.19. The molecule has 0 nitrogen and oxygen atoms in total. The zero-order valence-electron chi connectivity index (χ0n) is 5.19. The average Bonchev–Trinajstić information content (AvgIpc) is 2.58. The molecule has 3 aliphatic rings. The van der Waals surface area contributed by atoms with Crippen LogP contribution in [0.15, 0.2) is 0 Å². The van der Waals surface area contributed by atoms with E-state index in [9.17, 15) is 0 Å². The predicted molar refractivity (Wildman–Crippen MR) is 32.5 cm³/mol. The van der Waals surface area contributed by atoms with Crippen molar-refractivity contribution in [3.8, 4) is 0 Å². The summed E-state index contributed by atoms with van der Waals surface area (Å²) in [6, 6.07) is 0. The fraction of sp³-hybridized carbons (Fsp3) is 1.00. The lowest BCUT2D eigenvalue weighted by atomic mass is 10.0. The predicted octanol–water partition coefficient (Wildman–Crippen LogP) is 2.20. The summed E-state index contributed by atoms with van der Waals surface area (Å²) < 4.78 is 0. The zero-order chi connectivity index (χ0) is 5.19. The van der Waals surface area contributed by atoms with Gasteiger partial charge in [-0.25, -0.2) is 0 Å². The SMILES string of the molecule is C1C2CC3(CC3)C[C@H]12. The van der Waals surface area contributed by atoms with Crippen LogP contribution in [0.5, 0.6) is 0 Å². The Hall–Kier alpha value is 0. The van der Waals surface area contributed by atoms with Crippen molar-refractivity contribution in [3.05, 3.63) is 0 Å². The molecule has 3 fully saturated rings. The highest BCUT2D eigenvalue weighted by Crippen LogP contribution is 2.69. The maximum Gasteiger partial charge on any atom is -0.0292 e. The van der Waals surface area contributed by atoms with E-state index >= 15 is 0 Å². The van der Waals surface area contributed by atoms with Crippen LogP contribution in [-0.2, 0) is 0 Å². The van der Waals surface area contributed by atoms with Crippen LogP contribution >= 0.6 is 0 Å². The van der Waals surface area contributed by atoms with Gasteiger partial charge in [0, 0.05) is 0 Å². The third-order valence-corrected chi connectivity index (χ3v) is 3.42. The maximum atomic E-state index is 1.62. The Bertz CT molecular complexity index is 121. The molecule has 2 atom stereocenters. The van der Waals surface area contributed by atoms with Crippen LogP contribution in [0.1, 0.15) is 32.1 Å². The minimum atomic E-state index is 0.966. The maximum absolute atomic E-state index is 1.62. The summed E-state index contributed by atoms with van der Waals surface area (Å²) in [5, 5.41) is 0. The summed E-state index contributed by atoms with van der Waals surface area (Å²) in [5.74, 6) is 2.44. The second kappa shape index (κ2) is 0.872. The molecule has 3 aliphatic carbocycles. The Morgan fingerprint density at radius 2 is 1.62 bits per heavy atom. The van der Waals surface area contributed by atoms with Crippen molar-refractivity contribution < 1.29 is 0 Å². The topological polar surface area (TPSA) is 0 Å². The molecule has 3 saturated carbocycles. The van der Waals surface area contributed by atoms with Gasteiger partial charge >= 0.3 is 0 Å². The van der Waals surface area contributed by atoms with Gasteiger partial charge in [0.05, 0.1) is 0 Å². The fourth-order valence-electron chi connectivity index (χ4n) is 2.59. The molecule has 0 heteroatoms. The minimum absolute atomic E-state index is 0.966. The molecule has 44 valence electrons. The van der Waals surface area contributed by atoms with Gasteiger partial charge in [0.15, 0.2) is 0 Å². The number of hydrogen-bond acceptors (Lipinski definition) is 0. The van der Waals surface area contributed by atoms with Crippen molar-refractivity contribution in [3.63, 3.8) is 0 Å². The second-order valence-corrected chi connectivity index (χ2v) is 4.16. The first kappa shape index (κ1) is 3.92. The van der Waals surface area contributed by atoms with E-state index in [1.165, 1.54) is 11.8 Å². The van der Waals surface area contributed by atoms with E-state index in [1.807, 2.05) is 0 Å². The molecule has 0 aromatic carbocycles. The summed E-state index contributed by atoms with van der Waals surface area (Å²) in [4.78, 5) is 0. The smallest absolute Gasteiger partial charge is 0.0292 e. The van der Waals surface area contributed by atoms with Gasteiger partial charge in [0.1, 0.15) is 0 Å². The Morgan fingerprint density at radius 1 is 1.00 bits per heavy atom. The highest BCUT2D eigenvalue weighted by atomic mass is 14.6. The number of rotatable bonds is 0. The van der Waals surface area contributed by atoms with E-state index in [0.717, 1.165) is 5.41 Å². The lowest BCUT2D eigenvalue weighted by Crippen LogP contribution is -1.93. The standard InChI is InChI=1S/C8H12/c1-2-8(1)4-6-3-7(6)5-8/h6-7H,1-5H2/t6-,7?/m0/s1. The van der Waals surface area contributed by atoms with Crippen molar-refractivity contribution in [1.82, 2.24) is 0 Å². The molecule has 0 heterocycles. The quantitative estimate of drug-likeness (QED) is 0.446. The van der Waals surface area contributed by atoms with Crippen LogP contribution in [0.2, 0.25) is 0 Å². The molecule has 3 rings (SSSR count). The Morgan fingerprint density at radius 3 is 2.00 bits per heavy atom. The summed E-state index contributed by atoms with van der Waals surface area (Å²) in [5.41, 5.74) is 0.966. The summed E-state index contributed by atoms with van der Waals surface area (Å²) in [6.45, 7) is 0. The van der Waals surface area contributed by atoms with Crippen molar-refractivity contribution in [2.75, 3.05) is 0 Å². The highest BCUT2D eigenvalue weighted by molar-refractivity contribution is 5.09. The molecule has 0 saturated heterocycles. The second-order valence-electron chi connectivity index (χ2n) is 4.16. The van der Waals surface area contributed by atoms with Crippen molar-refractivity contribution >= 4 is 0 Å². The Balaban J connectivity index is 1.90. The van der Waals surface area contributed by atoms with Crippen LogP contribution in [0.3, 0.4) is 0 Å². The van der Waals surface area contributed by atoms with Gasteiger partial charge in [-0.15, -0.1) is 0 Å². The molecule has 1 unspecified atom stereocenters. The van der Waals surface area contributed by atoms with E-state index in [-0.39, 0.29) is 0 Å². The monoisotopic (exact) mass is 108 g/mol. The molecular weight excluding hydrogens is 96.1 g/mol. The van der Waals surface area contributed by atoms with E-state index in [1.54, 1.807) is 32.1 Å². The van der Waals surface area contributed by atoms with Gasteiger partial charge in [0.25, 0.3) is 0 Å². The summed E-state index contributed by atoms with van der Waals surface area (Å²) in [6.07, 6.45) is 8.01. The summed E-state index contributed by atoms with van der Waals surface area (Å²) >= 11 is 0. The minimum Gasteiger partial charge on any atom is -0.0470 e. The van der Waals surface area contributed by atoms with Crippen LogP contribution in [-0.4, -0.2) is 0 Å². The molecule has 0 N–H and O–H groups in total. The van der Waals surface area contributed by atoms with Gasteiger partial charge in [-0.3, -0.25) is 0 Å². The number of hydrogen-bond donors (Lipinski definition) is 0. The van der Waals surface area contributed by atoms with Crippen LogP contribution in [0.4, 0.5) is 0 Å². The average molecular weight is 108 g/mol. The van der Waals surface area contributed by atoms with E-state index < -0.39 is 0 Å². The van der Waals surface area contributed by atoms with Gasteiger partial charge < -0.3 is 0 Å². The normalized spacial score (nSPS) is 54.0. The Kier molecular flexibility index (Phi) is 0.427. The largest absolute Gasteiger partial charge is 0.0470 e. The van der Waals surface area contributed by atoms with Gasteiger partial charge in [-0.2, -0.15) is 0 Å². The first-order valence-corrected chi connectivity index (χ1v) is 3.88. The lowest BCUT2D eigenvalue weighted by Gasteiger charge is -2.04. The van der Waals surface area contributed by atoms with Crippen molar-refractivity contribution in [2.45, 2.75) is 32.1 Å². The van der Waals surface area contributed by atoms with Gasteiger partial charge in [-0.1, -0.05) is 0 Å². The molecule has 0 amide bonds. The Labute approximate surface area is 50.3 Å². The van der Waals surface area contributed by atoms with Gasteiger partial charge in [-0.05, 0) is 49.4 Å². The van der Waals surface area contributed by atoms with Crippen LogP contribution < -0.4 is 0 Å². The molecule has 8 heavy (non-hydrogen) atoms. The fourth-order valence-corrected chi connectivity index (χ4v) is 2.59. The molecular formula is C8H12. The molecule has 0 radical (unpaired) electrons. The number of fused-ring (bicyclic) bond motifs is 1. The highest BCUT2D eigenvalue weighted by Gasteiger charge is 2.58. The first-order valence-electron chi connectivity index (χ1n) is 3.88. The van der Waals surface area contributed by atoms with E-state index in [0.29, 0.717) is 0 Å². The van der Waals surface area contributed by atoms with Crippen LogP contribution in [0, 0.1) is 17.3 Å². The van der Waals surface area contributed by atoms with Gasteiger partial charge in [0.2, 0.25) is 0 Å². The molecule has 1 spiro atoms. The molecule has 0 aromatic heterocycles. The molecule has 0 aliphatic heterocycles. The van der Waals surface area contributed by atoms with Crippen molar-refractivity contribution in [1.29, 1.82) is 0 Å². The third kappa shape index (κ3) is 0.340. The summed E-state index contributed by atoms with van der Waals surface area (Å²) in [7, 11) is 0. The van der Waals surface area contributed by atoms with Crippen LogP contribution in [0.25, 0.3) is 0 Å². The van der Waals surface area contributed by atoms with E-state index in [4.69, 9.17) is 0 Å². The first-order chi connectivity index (χ1) is 3.88. The molecule has 0 aromatic rings. The third-order valence-electron chi connectivity index (χ3n) is 3.42. The lowest BCUT2D eigenvalue weighted by molar-refractivity contribution is 0.469. The van der Waals surface area contributed by atoms with E-state index in [2.05, 4.69) is 0 Å². The van der Waals surface area contributed by atoms with Crippen molar-refractivity contribution in [2.24, 2.45) is 17.3 Å². The molecule has 0 bridgehead atoms.